The summed E-state index contributed by atoms with van der Waals surface area (Å²) in [5.74, 6) is 1.05. The highest BCUT2D eigenvalue weighted by Crippen LogP contribution is 2.32. The molecule has 144 valence electrons. The molecule has 0 saturated carbocycles. The van der Waals surface area contributed by atoms with Crippen LogP contribution in [0.1, 0.15) is 58.7 Å². The van der Waals surface area contributed by atoms with Gasteiger partial charge in [0.15, 0.2) is 0 Å². The Morgan fingerprint density at radius 1 is 1.29 bits per heavy atom. The topological polar surface area (TPSA) is 92.1 Å². The zero-order valence-electron chi connectivity index (χ0n) is 15.7. The van der Waals surface area contributed by atoms with Gasteiger partial charge < -0.3 is 14.3 Å². The molecule has 0 unspecified atom stereocenters. The minimum absolute atomic E-state index is 0.157. The van der Waals surface area contributed by atoms with Gasteiger partial charge in [0, 0.05) is 18.7 Å². The first-order chi connectivity index (χ1) is 13.6. The molecule has 2 aromatic heterocycles. The second kappa shape index (κ2) is 7.80. The summed E-state index contributed by atoms with van der Waals surface area (Å²) in [4.78, 5) is 37.3. The van der Waals surface area contributed by atoms with Gasteiger partial charge in [-0.05, 0) is 37.8 Å². The molecule has 4 rings (SSSR count). The van der Waals surface area contributed by atoms with Crippen LogP contribution >= 0.6 is 0 Å². The molecule has 7 heteroatoms. The van der Waals surface area contributed by atoms with Crippen LogP contribution in [0.25, 0.3) is 0 Å². The van der Waals surface area contributed by atoms with Gasteiger partial charge in [-0.15, -0.1) is 0 Å². The van der Waals surface area contributed by atoms with Crippen LogP contribution in [0, 0.1) is 6.92 Å². The number of aromatic amines is 1. The van der Waals surface area contributed by atoms with E-state index in [2.05, 4.69) is 15.0 Å². The molecule has 0 aliphatic carbocycles. The Morgan fingerprint density at radius 3 is 2.89 bits per heavy atom. The first kappa shape index (κ1) is 18.2. The number of hydrogen-bond acceptors (Lipinski definition) is 5. The van der Waals surface area contributed by atoms with Crippen LogP contribution in [0.5, 0.6) is 0 Å². The van der Waals surface area contributed by atoms with Crippen molar-refractivity contribution in [2.75, 3.05) is 6.54 Å². The normalized spacial score (nSPS) is 16.9. The van der Waals surface area contributed by atoms with Crippen LogP contribution in [-0.2, 0) is 6.42 Å². The Labute approximate surface area is 162 Å². The smallest absolute Gasteiger partial charge is 0.345 e. The Bertz CT molecular complexity index is 1030. The molecule has 0 bridgehead atoms. The van der Waals surface area contributed by atoms with Gasteiger partial charge in [-0.2, -0.15) is 4.98 Å². The third-order valence-corrected chi connectivity index (χ3v) is 4.94. The van der Waals surface area contributed by atoms with Gasteiger partial charge in [-0.25, -0.2) is 9.78 Å². The van der Waals surface area contributed by atoms with E-state index >= 15 is 0 Å². The van der Waals surface area contributed by atoms with Gasteiger partial charge in [0.25, 0.3) is 5.91 Å². The Morgan fingerprint density at radius 2 is 2.11 bits per heavy atom. The van der Waals surface area contributed by atoms with E-state index in [9.17, 15) is 9.59 Å². The number of aryl methyl sites for hydroxylation is 1. The maximum absolute atomic E-state index is 13.0. The van der Waals surface area contributed by atoms with E-state index < -0.39 is 5.69 Å². The molecule has 3 heterocycles. The quantitative estimate of drug-likeness (QED) is 0.753. The Kier molecular flexibility index (Phi) is 5.06. The highest BCUT2D eigenvalue weighted by Gasteiger charge is 2.32. The minimum atomic E-state index is -0.516. The predicted octanol–water partition coefficient (Wildman–Crippen LogP) is 3.02. The number of nitrogens with one attached hydrogen (secondary N) is 1. The SMILES string of the molecule is Cc1cc(C(=O)N2CCCC[C@H]2c2ncc(Cc3ccccc3)o2)nc(=O)[nH]1. The average Bonchev–Trinajstić information content (AvgIpc) is 3.16. The monoisotopic (exact) mass is 378 g/mol. The van der Waals surface area contributed by atoms with Crippen molar-refractivity contribution < 1.29 is 9.21 Å². The fourth-order valence-corrected chi connectivity index (χ4v) is 3.62. The maximum atomic E-state index is 13.0. The number of carbonyl (C=O) groups excluding carboxylic acids is 1. The number of carbonyl (C=O) groups is 1. The minimum Gasteiger partial charge on any atom is -0.443 e. The first-order valence-corrected chi connectivity index (χ1v) is 9.47. The Hall–Kier alpha value is -3.22. The Balaban J connectivity index is 1.57. The molecular weight excluding hydrogens is 356 g/mol. The van der Waals surface area contributed by atoms with E-state index in [1.165, 1.54) is 0 Å². The summed E-state index contributed by atoms with van der Waals surface area (Å²) in [6.45, 7) is 2.32. The third kappa shape index (κ3) is 3.88. The summed E-state index contributed by atoms with van der Waals surface area (Å²) < 4.78 is 6.00. The maximum Gasteiger partial charge on any atom is 0.345 e. The van der Waals surface area contributed by atoms with Crippen LogP contribution in [0.15, 0.2) is 51.8 Å². The van der Waals surface area contributed by atoms with E-state index in [1.54, 1.807) is 24.1 Å². The van der Waals surface area contributed by atoms with E-state index in [-0.39, 0.29) is 17.6 Å². The van der Waals surface area contributed by atoms with Crippen molar-refractivity contribution in [3.8, 4) is 0 Å². The lowest BCUT2D eigenvalue weighted by molar-refractivity contribution is 0.0563. The highest BCUT2D eigenvalue weighted by atomic mass is 16.4. The van der Waals surface area contributed by atoms with E-state index in [0.29, 0.717) is 24.6 Å². The number of likely N-dealkylation sites (tertiary alicyclic amines) is 1. The molecule has 1 saturated heterocycles. The zero-order chi connectivity index (χ0) is 19.5. The lowest BCUT2D eigenvalue weighted by Crippen LogP contribution is -2.39. The number of nitrogens with zero attached hydrogens (tertiary/aromatic N) is 3. The van der Waals surface area contributed by atoms with Crippen molar-refractivity contribution in [3.63, 3.8) is 0 Å². The first-order valence-electron chi connectivity index (χ1n) is 9.47. The van der Waals surface area contributed by atoms with Gasteiger partial charge in [0.2, 0.25) is 5.89 Å². The van der Waals surface area contributed by atoms with Crippen LogP contribution in [0.2, 0.25) is 0 Å². The zero-order valence-corrected chi connectivity index (χ0v) is 15.7. The number of rotatable bonds is 4. The summed E-state index contributed by atoms with van der Waals surface area (Å²) in [5.41, 5.74) is 1.39. The van der Waals surface area contributed by atoms with Crippen molar-refractivity contribution in [2.45, 2.75) is 38.6 Å². The highest BCUT2D eigenvalue weighted by molar-refractivity contribution is 5.92. The molecular formula is C21H22N4O3. The second-order valence-corrected chi connectivity index (χ2v) is 7.09. The lowest BCUT2D eigenvalue weighted by Gasteiger charge is -2.33. The summed E-state index contributed by atoms with van der Waals surface area (Å²) >= 11 is 0. The van der Waals surface area contributed by atoms with Gasteiger partial charge in [-0.1, -0.05) is 30.3 Å². The lowest BCUT2D eigenvalue weighted by atomic mass is 10.0. The molecule has 1 aliphatic heterocycles. The summed E-state index contributed by atoms with van der Waals surface area (Å²) in [6.07, 6.45) is 5.06. The fourth-order valence-electron chi connectivity index (χ4n) is 3.62. The van der Waals surface area contributed by atoms with E-state index in [4.69, 9.17) is 4.42 Å². The fraction of sp³-hybridized carbons (Fsp3) is 0.333. The molecule has 1 aromatic carbocycles. The summed E-state index contributed by atoms with van der Waals surface area (Å²) in [6, 6.07) is 11.4. The molecule has 3 aromatic rings. The van der Waals surface area contributed by atoms with E-state index in [0.717, 1.165) is 30.6 Å². The van der Waals surface area contributed by atoms with Crippen LogP contribution < -0.4 is 5.69 Å². The molecule has 1 amide bonds. The van der Waals surface area contributed by atoms with Crippen molar-refractivity contribution in [1.82, 2.24) is 19.9 Å². The number of aromatic nitrogens is 3. The van der Waals surface area contributed by atoms with Crippen LogP contribution in [0.4, 0.5) is 0 Å². The van der Waals surface area contributed by atoms with Gasteiger partial charge >= 0.3 is 5.69 Å². The predicted molar refractivity (Wildman–Crippen MR) is 103 cm³/mol. The summed E-state index contributed by atoms with van der Waals surface area (Å²) in [5, 5.41) is 0. The molecule has 1 aliphatic rings. The summed E-state index contributed by atoms with van der Waals surface area (Å²) in [7, 11) is 0. The number of hydrogen-bond donors (Lipinski definition) is 1. The van der Waals surface area contributed by atoms with Crippen molar-refractivity contribution in [1.29, 1.82) is 0 Å². The number of piperidine rings is 1. The molecule has 1 N–H and O–H groups in total. The van der Waals surface area contributed by atoms with Gasteiger partial charge in [0.05, 0.1) is 6.20 Å². The number of amides is 1. The molecule has 1 fully saturated rings. The molecule has 7 nitrogen and oxygen atoms in total. The van der Waals surface area contributed by atoms with Crippen LogP contribution in [0.3, 0.4) is 0 Å². The largest absolute Gasteiger partial charge is 0.443 e. The number of oxazole rings is 1. The molecule has 28 heavy (non-hydrogen) atoms. The third-order valence-electron chi connectivity index (χ3n) is 4.94. The standard InChI is InChI=1S/C21H22N4O3/c1-14-11-17(24-21(27)23-14)20(26)25-10-6-5-9-18(25)19-22-13-16(28-19)12-15-7-3-2-4-8-15/h2-4,7-8,11,13,18H,5-6,9-10,12H2,1H3,(H,23,24,27)/t18-/m0/s1. The second-order valence-electron chi connectivity index (χ2n) is 7.09. The number of H-pyrrole nitrogens is 1. The molecule has 0 radical (unpaired) electrons. The van der Waals surface area contributed by atoms with Crippen LogP contribution in [-0.4, -0.2) is 32.3 Å². The van der Waals surface area contributed by atoms with Gasteiger partial charge in [-0.3, -0.25) is 4.79 Å². The average molecular weight is 378 g/mol. The van der Waals surface area contributed by atoms with Gasteiger partial charge in [0.1, 0.15) is 17.5 Å². The van der Waals surface area contributed by atoms with Crippen molar-refractivity contribution in [3.05, 3.63) is 81.7 Å². The molecule has 1 atom stereocenters. The van der Waals surface area contributed by atoms with Crippen molar-refractivity contribution >= 4 is 5.91 Å². The number of benzene rings is 1. The molecule has 0 spiro atoms. The van der Waals surface area contributed by atoms with E-state index in [1.807, 2.05) is 30.3 Å². The van der Waals surface area contributed by atoms with Crippen molar-refractivity contribution in [2.24, 2.45) is 0 Å².